The summed E-state index contributed by atoms with van der Waals surface area (Å²) in [5, 5.41) is 0. The van der Waals surface area contributed by atoms with Crippen LogP contribution in [0.5, 0.6) is 0 Å². The lowest BCUT2D eigenvalue weighted by atomic mass is 10.5. The summed E-state index contributed by atoms with van der Waals surface area (Å²) >= 11 is 5.50. The van der Waals surface area contributed by atoms with Crippen molar-refractivity contribution in [3.05, 3.63) is 0 Å². The average Bonchev–Trinajstić information content (AvgIpc) is 2.91. The van der Waals surface area contributed by atoms with Crippen LogP contribution in [0.3, 0.4) is 0 Å². The van der Waals surface area contributed by atoms with Gasteiger partial charge in [0, 0.05) is 5.88 Å². The van der Waals surface area contributed by atoms with Gasteiger partial charge >= 0.3 is 5.97 Å². The summed E-state index contributed by atoms with van der Waals surface area (Å²) in [7, 11) is 1.35. The van der Waals surface area contributed by atoms with Gasteiger partial charge in [-0.25, -0.2) is 0 Å². The van der Waals surface area contributed by atoms with Gasteiger partial charge in [-0.2, -0.15) is 0 Å². The summed E-state index contributed by atoms with van der Waals surface area (Å²) in [5.74, 6) is 0.211. The highest BCUT2D eigenvalue weighted by molar-refractivity contribution is 6.17. The monoisotopic (exact) mass is 562 g/mol. The predicted octanol–water partition coefficient (Wildman–Crippen LogP) is 0.954. The summed E-state index contributed by atoms with van der Waals surface area (Å²) in [6, 6.07) is 0. The Morgan fingerprint density at radius 3 is 0.838 bits per heavy atom. The molecule has 0 aromatic carbocycles. The fourth-order valence-corrected chi connectivity index (χ4v) is 2.50. The molecule has 0 aromatic heterocycles. The molecule has 37 heavy (non-hydrogen) atoms. The molecular formula is C24H47ClO12. The van der Waals surface area contributed by atoms with Crippen LogP contribution >= 0.6 is 11.6 Å². The Labute approximate surface area is 226 Å². The molecule has 0 bridgehead atoms. The Bertz CT molecular complexity index is 448. The molecule has 0 spiro atoms. The fourth-order valence-electron chi connectivity index (χ4n) is 2.39. The Balaban J connectivity index is 3.03. The standard InChI is InChI=1S/C24H47ClO12/c1-27-24(26)2-4-28-6-8-30-10-12-32-14-16-34-18-20-36-22-23-37-21-19-35-17-15-33-13-11-31-9-7-29-5-3-25/h2-23H2,1H3. The summed E-state index contributed by atoms with van der Waals surface area (Å²) in [6.07, 6.45) is 0.247. The molecule has 0 N–H and O–H groups in total. The molecule has 12 nitrogen and oxygen atoms in total. The average molecular weight is 563 g/mol. The van der Waals surface area contributed by atoms with Gasteiger partial charge in [-0.1, -0.05) is 0 Å². The van der Waals surface area contributed by atoms with E-state index in [1.807, 2.05) is 0 Å². The molecule has 0 heterocycles. The van der Waals surface area contributed by atoms with Gasteiger partial charge in [0.05, 0.1) is 146 Å². The second-order valence-electron chi connectivity index (χ2n) is 7.14. The highest BCUT2D eigenvalue weighted by Gasteiger charge is 1.99. The summed E-state index contributed by atoms with van der Waals surface area (Å²) < 4.78 is 58.2. The van der Waals surface area contributed by atoms with Crippen molar-refractivity contribution < 1.29 is 56.9 Å². The van der Waals surface area contributed by atoms with Crippen molar-refractivity contribution in [3.8, 4) is 0 Å². The maximum Gasteiger partial charge on any atom is 0.307 e. The number of carbonyl (C=O) groups is 1. The first kappa shape index (κ1) is 36.4. The third-order valence-corrected chi connectivity index (χ3v) is 4.40. The lowest BCUT2D eigenvalue weighted by Gasteiger charge is -2.09. The van der Waals surface area contributed by atoms with Crippen molar-refractivity contribution in [2.24, 2.45) is 0 Å². The fraction of sp³-hybridized carbons (Fsp3) is 0.958. The van der Waals surface area contributed by atoms with E-state index in [1.54, 1.807) is 0 Å². The van der Waals surface area contributed by atoms with Crippen LogP contribution < -0.4 is 0 Å². The maximum absolute atomic E-state index is 10.9. The van der Waals surface area contributed by atoms with Crippen molar-refractivity contribution in [1.29, 1.82) is 0 Å². The molecule has 0 unspecified atom stereocenters. The minimum atomic E-state index is -0.285. The predicted molar refractivity (Wildman–Crippen MR) is 136 cm³/mol. The lowest BCUT2D eigenvalue weighted by Crippen LogP contribution is -2.15. The lowest BCUT2D eigenvalue weighted by molar-refractivity contribution is -0.141. The molecule has 0 rings (SSSR count). The van der Waals surface area contributed by atoms with Crippen molar-refractivity contribution in [3.63, 3.8) is 0 Å². The third kappa shape index (κ3) is 33.3. The second-order valence-corrected chi connectivity index (χ2v) is 7.52. The largest absolute Gasteiger partial charge is 0.469 e. The van der Waals surface area contributed by atoms with Crippen LogP contribution in [0, 0.1) is 0 Å². The number of halogens is 1. The number of rotatable bonds is 32. The number of ether oxygens (including phenoxy) is 11. The normalized spacial score (nSPS) is 11.3. The van der Waals surface area contributed by atoms with Crippen molar-refractivity contribution >= 4 is 17.6 Å². The second kappa shape index (κ2) is 33.4. The van der Waals surface area contributed by atoms with Gasteiger partial charge in [0.25, 0.3) is 0 Å². The summed E-state index contributed by atoms with van der Waals surface area (Å²) in [4.78, 5) is 10.9. The van der Waals surface area contributed by atoms with E-state index in [0.717, 1.165) is 0 Å². The first-order valence-corrected chi connectivity index (χ1v) is 13.2. The molecule has 0 aliphatic heterocycles. The van der Waals surface area contributed by atoms with Crippen molar-refractivity contribution in [2.75, 3.05) is 145 Å². The zero-order valence-corrected chi connectivity index (χ0v) is 23.1. The van der Waals surface area contributed by atoms with Crippen molar-refractivity contribution in [2.45, 2.75) is 6.42 Å². The molecular weight excluding hydrogens is 516 g/mol. The van der Waals surface area contributed by atoms with Gasteiger partial charge in [0.15, 0.2) is 0 Å². The van der Waals surface area contributed by atoms with Gasteiger partial charge in [0.2, 0.25) is 0 Å². The number of hydrogen-bond acceptors (Lipinski definition) is 12. The van der Waals surface area contributed by atoms with Gasteiger partial charge in [-0.15, -0.1) is 11.6 Å². The van der Waals surface area contributed by atoms with E-state index in [1.165, 1.54) is 7.11 Å². The van der Waals surface area contributed by atoms with E-state index in [0.29, 0.717) is 138 Å². The zero-order chi connectivity index (χ0) is 26.9. The minimum Gasteiger partial charge on any atom is -0.469 e. The Kier molecular flexibility index (Phi) is 32.8. The van der Waals surface area contributed by atoms with E-state index in [2.05, 4.69) is 4.74 Å². The van der Waals surface area contributed by atoms with Crippen LogP contribution in [0.15, 0.2) is 0 Å². The van der Waals surface area contributed by atoms with Crippen LogP contribution in [0.1, 0.15) is 6.42 Å². The highest BCUT2D eigenvalue weighted by Crippen LogP contribution is 1.88. The zero-order valence-electron chi connectivity index (χ0n) is 22.3. The first-order valence-electron chi connectivity index (χ1n) is 12.7. The van der Waals surface area contributed by atoms with E-state index in [9.17, 15) is 4.79 Å². The number of alkyl halides is 1. The molecule has 0 amide bonds. The van der Waals surface area contributed by atoms with Crippen LogP contribution in [0.25, 0.3) is 0 Å². The van der Waals surface area contributed by atoms with Gasteiger partial charge in [0.1, 0.15) is 0 Å². The van der Waals surface area contributed by atoms with Gasteiger partial charge in [-0.05, 0) is 0 Å². The van der Waals surface area contributed by atoms with E-state index >= 15 is 0 Å². The highest BCUT2D eigenvalue weighted by atomic mass is 35.5. The van der Waals surface area contributed by atoms with Crippen LogP contribution in [-0.4, -0.2) is 151 Å². The van der Waals surface area contributed by atoms with E-state index < -0.39 is 0 Å². The number of esters is 1. The molecule has 0 saturated heterocycles. The molecule has 0 radical (unpaired) electrons. The molecule has 0 fully saturated rings. The summed E-state index contributed by atoms with van der Waals surface area (Å²) in [5.41, 5.74) is 0. The maximum atomic E-state index is 10.9. The molecule has 0 saturated carbocycles. The first-order chi connectivity index (χ1) is 18.3. The number of hydrogen-bond donors (Lipinski definition) is 0. The number of carbonyl (C=O) groups excluding carboxylic acids is 1. The van der Waals surface area contributed by atoms with E-state index in [4.69, 9.17) is 59.0 Å². The van der Waals surface area contributed by atoms with Gasteiger partial charge < -0.3 is 52.1 Å². The summed E-state index contributed by atoms with van der Waals surface area (Å²) in [6.45, 7) is 9.90. The molecule has 222 valence electrons. The number of methoxy groups -OCH3 is 1. The Morgan fingerprint density at radius 2 is 0.622 bits per heavy atom. The molecule has 0 atom stereocenters. The topological polar surface area (TPSA) is 119 Å². The SMILES string of the molecule is COC(=O)CCOCCOCCOCCOCCOCCOCCOCCOCCOCCOCCCl. The van der Waals surface area contributed by atoms with Crippen LogP contribution in [0.4, 0.5) is 0 Å². The van der Waals surface area contributed by atoms with E-state index in [-0.39, 0.29) is 12.4 Å². The van der Waals surface area contributed by atoms with Crippen molar-refractivity contribution in [1.82, 2.24) is 0 Å². The quantitative estimate of drug-likeness (QED) is 0.0659. The minimum absolute atomic E-state index is 0.247. The molecule has 13 heteroatoms. The Morgan fingerprint density at radius 1 is 0.405 bits per heavy atom. The van der Waals surface area contributed by atoms with Crippen LogP contribution in [-0.2, 0) is 56.9 Å². The molecule has 0 aromatic rings. The molecule has 0 aliphatic rings. The smallest absolute Gasteiger partial charge is 0.307 e. The Hall–Kier alpha value is -0.640. The third-order valence-electron chi connectivity index (χ3n) is 4.25. The molecule has 0 aliphatic carbocycles. The van der Waals surface area contributed by atoms with Gasteiger partial charge in [-0.3, -0.25) is 4.79 Å². The van der Waals surface area contributed by atoms with Crippen LogP contribution in [0.2, 0.25) is 0 Å².